The Bertz CT molecular complexity index is 1100. The average molecular weight is 428 g/mol. The van der Waals surface area contributed by atoms with Crippen molar-refractivity contribution >= 4 is 27.3 Å². The van der Waals surface area contributed by atoms with E-state index in [4.69, 9.17) is 10.00 Å². The molecule has 1 atom stereocenters. The Hall–Kier alpha value is -3.05. The summed E-state index contributed by atoms with van der Waals surface area (Å²) in [7, 11) is -3.61. The van der Waals surface area contributed by atoms with E-state index in [2.05, 4.69) is 11.4 Å². The Labute approximate surface area is 177 Å². The van der Waals surface area contributed by atoms with E-state index >= 15 is 0 Å². The maximum atomic E-state index is 12.8. The van der Waals surface area contributed by atoms with Crippen LogP contribution in [0.25, 0.3) is 0 Å². The molecule has 1 N–H and O–H groups in total. The van der Waals surface area contributed by atoms with Crippen molar-refractivity contribution in [2.45, 2.75) is 38.7 Å². The van der Waals surface area contributed by atoms with Crippen molar-refractivity contribution < 1.29 is 17.9 Å². The Morgan fingerprint density at radius 3 is 2.47 bits per heavy atom. The highest BCUT2D eigenvalue weighted by atomic mass is 32.2. The molecular weight excluding hydrogens is 402 g/mol. The number of nitrogens with one attached hydrogen (secondary N) is 1. The van der Waals surface area contributed by atoms with Crippen LogP contribution in [-0.4, -0.2) is 33.2 Å². The molecule has 0 aromatic heterocycles. The number of anilines is 2. The summed E-state index contributed by atoms with van der Waals surface area (Å²) in [5.41, 5.74) is 2.64. The molecule has 1 heterocycles. The molecule has 0 saturated heterocycles. The van der Waals surface area contributed by atoms with Gasteiger partial charge in [0.2, 0.25) is 10.0 Å². The van der Waals surface area contributed by atoms with Crippen molar-refractivity contribution in [1.29, 1.82) is 5.26 Å². The van der Waals surface area contributed by atoms with Crippen molar-refractivity contribution in [3.63, 3.8) is 0 Å². The van der Waals surface area contributed by atoms with Crippen molar-refractivity contribution in [2.75, 3.05) is 22.4 Å². The highest BCUT2D eigenvalue weighted by molar-refractivity contribution is 7.92. The molecule has 1 aliphatic heterocycles. The number of nitriles is 1. The number of ether oxygens (including phenoxy) is 1. The Morgan fingerprint density at radius 2 is 1.90 bits per heavy atom. The fourth-order valence-corrected chi connectivity index (χ4v) is 4.09. The maximum absolute atomic E-state index is 12.8. The number of carbonyl (C=O) groups excluding carboxylic acids is 1. The molecule has 30 heavy (non-hydrogen) atoms. The molecule has 0 aliphatic carbocycles. The van der Waals surface area contributed by atoms with Crippen LogP contribution in [0.4, 0.5) is 11.4 Å². The van der Waals surface area contributed by atoms with Crippen molar-refractivity contribution in [3.8, 4) is 11.8 Å². The number of hydrogen-bond donors (Lipinski definition) is 1. The zero-order valence-corrected chi connectivity index (χ0v) is 18.3. The summed E-state index contributed by atoms with van der Waals surface area (Å²) in [4.78, 5) is 12.8. The molecule has 8 heteroatoms. The van der Waals surface area contributed by atoms with Gasteiger partial charge in [-0.2, -0.15) is 5.26 Å². The molecule has 158 valence electrons. The van der Waals surface area contributed by atoms with E-state index in [0.29, 0.717) is 17.1 Å². The second-order valence-electron chi connectivity index (χ2n) is 8.35. The van der Waals surface area contributed by atoms with Crippen LogP contribution >= 0.6 is 0 Å². The van der Waals surface area contributed by atoms with Gasteiger partial charge in [-0.15, -0.1) is 0 Å². The third-order valence-corrected chi connectivity index (χ3v) is 6.04. The molecule has 0 bridgehead atoms. The predicted molar refractivity (Wildman–Crippen MR) is 116 cm³/mol. The highest BCUT2D eigenvalue weighted by Crippen LogP contribution is 2.38. The molecule has 0 unspecified atom stereocenters. The minimum atomic E-state index is -3.61. The zero-order valence-electron chi connectivity index (χ0n) is 17.5. The Morgan fingerprint density at radius 1 is 1.23 bits per heavy atom. The third-order valence-electron chi connectivity index (χ3n) is 4.89. The van der Waals surface area contributed by atoms with Crippen LogP contribution in [0.1, 0.15) is 31.9 Å². The number of nitrogens with zero attached hydrogens (tertiary/aromatic N) is 2. The fourth-order valence-electron chi connectivity index (χ4n) is 3.19. The number of hydrogen-bond acceptors (Lipinski definition) is 5. The molecule has 0 spiro atoms. The fraction of sp³-hybridized carbons (Fsp3) is 0.364. The lowest BCUT2D eigenvalue weighted by Gasteiger charge is -2.35. The van der Waals surface area contributed by atoms with Gasteiger partial charge in [-0.3, -0.25) is 9.10 Å². The van der Waals surface area contributed by atoms with Gasteiger partial charge in [-0.1, -0.05) is 39.0 Å². The summed E-state index contributed by atoms with van der Waals surface area (Å²) in [6, 6.07) is 14.4. The molecule has 1 aliphatic rings. The summed E-state index contributed by atoms with van der Waals surface area (Å²) in [5.74, 6) is -0.0913. The van der Waals surface area contributed by atoms with Gasteiger partial charge in [0.1, 0.15) is 5.75 Å². The van der Waals surface area contributed by atoms with Gasteiger partial charge in [0.25, 0.3) is 5.91 Å². The van der Waals surface area contributed by atoms with Crippen LogP contribution in [0.15, 0.2) is 42.5 Å². The summed E-state index contributed by atoms with van der Waals surface area (Å²) < 4.78 is 32.0. The van der Waals surface area contributed by atoms with E-state index in [9.17, 15) is 13.2 Å². The van der Waals surface area contributed by atoms with Crippen LogP contribution in [0.3, 0.4) is 0 Å². The summed E-state index contributed by atoms with van der Waals surface area (Å²) in [6.07, 6.45) is 0.414. The van der Waals surface area contributed by atoms with Crippen LogP contribution in [0, 0.1) is 11.3 Å². The lowest BCUT2D eigenvalue weighted by atomic mass is 9.86. The van der Waals surface area contributed by atoms with Crippen LogP contribution in [0.5, 0.6) is 5.75 Å². The highest BCUT2D eigenvalue weighted by Gasteiger charge is 2.35. The number of amides is 1. The standard InChI is InChI=1S/C22H25N3O4S/c1-22(2,3)16-7-10-19-18(13-16)25(30(4,27)28)14-20(29-19)21(26)24-17-8-5-15(6-9-17)11-12-23/h5-10,13,20H,11,14H2,1-4H3,(H,24,26)/t20-/m1/s1. The quantitative estimate of drug-likeness (QED) is 0.808. The van der Waals surface area contributed by atoms with Gasteiger partial charge >= 0.3 is 0 Å². The van der Waals surface area contributed by atoms with Crippen LogP contribution in [0.2, 0.25) is 0 Å². The van der Waals surface area contributed by atoms with Gasteiger partial charge in [-0.25, -0.2) is 8.42 Å². The molecule has 2 aromatic carbocycles. The monoisotopic (exact) mass is 427 g/mol. The Balaban J connectivity index is 1.86. The first-order valence-corrected chi connectivity index (χ1v) is 11.4. The Kier molecular flexibility index (Phi) is 5.77. The van der Waals surface area contributed by atoms with E-state index < -0.39 is 22.0 Å². The number of fused-ring (bicyclic) bond motifs is 1. The van der Waals surface area contributed by atoms with Crippen LogP contribution in [-0.2, 0) is 26.7 Å². The van der Waals surface area contributed by atoms with Crippen molar-refractivity contribution in [3.05, 3.63) is 53.6 Å². The van der Waals surface area contributed by atoms with E-state index in [0.717, 1.165) is 17.4 Å². The zero-order chi connectivity index (χ0) is 22.1. The maximum Gasteiger partial charge on any atom is 0.267 e. The third kappa shape index (κ3) is 4.74. The first-order valence-electron chi connectivity index (χ1n) is 9.54. The largest absolute Gasteiger partial charge is 0.476 e. The van der Waals surface area contributed by atoms with Gasteiger partial charge in [0, 0.05) is 5.69 Å². The SMILES string of the molecule is CC(C)(C)c1ccc2c(c1)N(S(C)(=O)=O)C[C@H](C(=O)Nc1ccc(CC#N)cc1)O2. The van der Waals surface area contributed by atoms with E-state index in [1.807, 2.05) is 26.8 Å². The van der Waals surface area contributed by atoms with Gasteiger partial charge < -0.3 is 10.1 Å². The number of carbonyl (C=O) groups is 1. The van der Waals surface area contributed by atoms with Gasteiger partial charge in [-0.05, 0) is 40.8 Å². The summed E-state index contributed by atoms with van der Waals surface area (Å²) in [5, 5.41) is 11.5. The molecule has 0 radical (unpaired) electrons. The lowest BCUT2D eigenvalue weighted by molar-refractivity contribution is -0.122. The summed E-state index contributed by atoms with van der Waals surface area (Å²) in [6.45, 7) is 6.02. The van der Waals surface area contributed by atoms with Crippen molar-refractivity contribution in [1.82, 2.24) is 0 Å². The lowest BCUT2D eigenvalue weighted by Crippen LogP contribution is -2.48. The van der Waals surface area contributed by atoms with Gasteiger partial charge in [0.05, 0.1) is 31.0 Å². The molecular formula is C22H25N3O4S. The summed E-state index contributed by atoms with van der Waals surface area (Å²) >= 11 is 0. The van der Waals surface area contributed by atoms with E-state index in [1.54, 1.807) is 36.4 Å². The normalized spacial score (nSPS) is 16.2. The van der Waals surface area contributed by atoms with E-state index in [-0.39, 0.29) is 18.4 Å². The minimum Gasteiger partial charge on any atom is -0.476 e. The first kappa shape index (κ1) is 21.7. The van der Waals surface area contributed by atoms with Crippen molar-refractivity contribution in [2.24, 2.45) is 0 Å². The first-order chi connectivity index (χ1) is 14.0. The number of benzene rings is 2. The number of sulfonamides is 1. The topological polar surface area (TPSA) is 99.5 Å². The molecule has 0 fully saturated rings. The number of rotatable bonds is 4. The molecule has 7 nitrogen and oxygen atoms in total. The minimum absolute atomic E-state index is 0.113. The van der Waals surface area contributed by atoms with E-state index in [1.165, 1.54) is 4.31 Å². The average Bonchev–Trinajstić information content (AvgIpc) is 2.67. The van der Waals surface area contributed by atoms with Gasteiger partial charge in [0.15, 0.2) is 6.10 Å². The molecule has 1 amide bonds. The molecule has 2 aromatic rings. The molecule has 3 rings (SSSR count). The second-order valence-corrected chi connectivity index (χ2v) is 10.3. The predicted octanol–water partition coefficient (Wildman–Crippen LogP) is 3.22. The smallest absolute Gasteiger partial charge is 0.267 e. The van der Waals surface area contributed by atoms with Crippen LogP contribution < -0.4 is 14.4 Å². The second kappa shape index (κ2) is 8.00. The molecule has 0 saturated carbocycles.